The highest BCUT2D eigenvalue weighted by Crippen LogP contribution is 2.25. The monoisotopic (exact) mass is 276 g/mol. The van der Waals surface area contributed by atoms with Crippen LogP contribution in [0.15, 0.2) is 18.2 Å². The number of carboxylic acid groups (broad SMARTS) is 1. The van der Waals surface area contributed by atoms with Crippen molar-refractivity contribution in [2.45, 2.75) is 39.7 Å². The van der Waals surface area contributed by atoms with Gasteiger partial charge < -0.3 is 14.4 Å². The van der Waals surface area contributed by atoms with E-state index in [2.05, 4.69) is 11.9 Å². The molecule has 1 aromatic carbocycles. The zero-order valence-electron chi connectivity index (χ0n) is 12.1. The van der Waals surface area contributed by atoms with Crippen LogP contribution in [0, 0.1) is 0 Å². The van der Waals surface area contributed by atoms with E-state index in [4.69, 9.17) is 9.84 Å². The van der Waals surface area contributed by atoms with E-state index < -0.39 is 5.97 Å². The summed E-state index contributed by atoms with van der Waals surface area (Å²) in [6.07, 6.45) is 0.876. The second-order valence-electron chi connectivity index (χ2n) is 5.06. The zero-order chi connectivity index (χ0) is 14.7. The van der Waals surface area contributed by atoms with Gasteiger partial charge in [0.25, 0.3) is 0 Å². The summed E-state index contributed by atoms with van der Waals surface area (Å²) in [5.41, 5.74) is 1.73. The average molecular weight is 276 g/mol. The van der Waals surface area contributed by atoms with Gasteiger partial charge in [-0.3, -0.25) is 4.79 Å². The molecule has 0 aliphatic heterocycles. The molecule has 108 valence electrons. The van der Waals surface area contributed by atoms with Crippen molar-refractivity contribution in [1.29, 1.82) is 0 Å². The van der Waals surface area contributed by atoms with E-state index in [9.17, 15) is 4.79 Å². The maximum absolute atomic E-state index is 11.0. The van der Waals surface area contributed by atoms with Crippen molar-refractivity contribution in [3.63, 3.8) is 0 Å². The Morgan fingerprint density at radius 1 is 1.45 bits per heavy atom. The lowest BCUT2D eigenvalue weighted by molar-refractivity contribution is -0.136. The van der Waals surface area contributed by atoms with Gasteiger partial charge in [0.2, 0.25) is 0 Å². The SMILES string of the molecule is CCCOc1ccc2c(c1)nc(CC(=O)O)n2C(C)C. The van der Waals surface area contributed by atoms with Gasteiger partial charge in [-0.05, 0) is 32.4 Å². The second-order valence-corrected chi connectivity index (χ2v) is 5.06. The number of hydrogen-bond donors (Lipinski definition) is 1. The van der Waals surface area contributed by atoms with Crippen molar-refractivity contribution in [2.24, 2.45) is 0 Å². The minimum atomic E-state index is -0.871. The summed E-state index contributed by atoms with van der Waals surface area (Å²) in [6, 6.07) is 5.88. The molecule has 0 saturated carbocycles. The Kier molecular flexibility index (Phi) is 4.27. The molecule has 1 N–H and O–H groups in total. The summed E-state index contributed by atoms with van der Waals surface area (Å²) < 4.78 is 7.55. The lowest BCUT2D eigenvalue weighted by Crippen LogP contribution is -2.11. The quantitative estimate of drug-likeness (QED) is 0.880. The fourth-order valence-electron chi connectivity index (χ4n) is 2.27. The van der Waals surface area contributed by atoms with Crippen LogP contribution in [-0.2, 0) is 11.2 Å². The number of benzene rings is 1. The van der Waals surface area contributed by atoms with E-state index in [1.807, 2.05) is 36.6 Å². The predicted octanol–water partition coefficient (Wildman–Crippen LogP) is 3.03. The van der Waals surface area contributed by atoms with Crippen LogP contribution >= 0.6 is 0 Å². The minimum absolute atomic E-state index is 0.0714. The lowest BCUT2D eigenvalue weighted by Gasteiger charge is -2.12. The molecule has 5 nitrogen and oxygen atoms in total. The number of nitrogens with zero attached hydrogens (tertiary/aromatic N) is 2. The molecule has 0 saturated heterocycles. The molecule has 20 heavy (non-hydrogen) atoms. The molecule has 1 heterocycles. The number of hydrogen-bond acceptors (Lipinski definition) is 3. The fourth-order valence-corrected chi connectivity index (χ4v) is 2.27. The normalized spacial score (nSPS) is 11.2. The van der Waals surface area contributed by atoms with Crippen molar-refractivity contribution in [2.75, 3.05) is 6.61 Å². The van der Waals surface area contributed by atoms with Gasteiger partial charge in [-0.2, -0.15) is 0 Å². The van der Waals surface area contributed by atoms with Crippen LogP contribution in [0.2, 0.25) is 0 Å². The Morgan fingerprint density at radius 2 is 2.20 bits per heavy atom. The molecule has 0 atom stereocenters. The molecule has 0 fully saturated rings. The fraction of sp³-hybridized carbons (Fsp3) is 0.467. The largest absolute Gasteiger partial charge is 0.494 e. The summed E-state index contributed by atoms with van der Waals surface area (Å²) in [6.45, 7) is 6.76. The van der Waals surface area contributed by atoms with Crippen LogP contribution in [-0.4, -0.2) is 27.2 Å². The molecule has 0 aliphatic carbocycles. The number of ether oxygens (including phenoxy) is 1. The highest BCUT2D eigenvalue weighted by Gasteiger charge is 2.16. The molecule has 1 aromatic heterocycles. The van der Waals surface area contributed by atoms with E-state index in [1.54, 1.807) is 0 Å². The first-order valence-corrected chi connectivity index (χ1v) is 6.88. The number of aliphatic carboxylic acids is 1. The Bertz CT molecular complexity index is 617. The van der Waals surface area contributed by atoms with Crippen LogP contribution in [0.25, 0.3) is 11.0 Å². The lowest BCUT2D eigenvalue weighted by atomic mass is 10.2. The first-order valence-electron chi connectivity index (χ1n) is 6.88. The van der Waals surface area contributed by atoms with Gasteiger partial charge in [0, 0.05) is 12.1 Å². The smallest absolute Gasteiger partial charge is 0.311 e. The van der Waals surface area contributed by atoms with Gasteiger partial charge >= 0.3 is 5.97 Å². The molecule has 0 radical (unpaired) electrons. The van der Waals surface area contributed by atoms with E-state index in [1.165, 1.54) is 0 Å². The average Bonchev–Trinajstić information content (AvgIpc) is 2.72. The van der Waals surface area contributed by atoms with Gasteiger partial charge in [0.15, 0.2) is 0 Å². The molecule has 2 aromatic rings. The van der Waals surface area contributed by atoms with Gasteiger partial charge in [-0.25, -0.2) is 4.98 Å². The van der Waals surface area contributed by atoms with E-state index in [0.29, 0.717) is 12.4 Å². The van der Waals surface area contributed by atoms with Crippen LogP contribution in [0.1, 0.15) is 39.1 Å². The van der Waals surface area contributed by atoms with Crippen LogP contribution in [0.4, 0.5) is 0 Å². The van der Waals surface area contributed by atoms with Crippen LogP contribution in [0.5, 0.6) is 5.75 Å². The molecule has 2 rings (SSSR count). The van der Waals surface area contributed by atoms with Gasteiger partial charge in [0.05, 0.1) is 17.6 Å². The van der Waals surface area contributed by atoms with Gasteiger partial charge in [-0.15, -0.1) is 0 Å². The van der Waals surface area contributed by atoms with Gasteiger partial charge in [-0.1, -0.05) is 6.92 Å². The molecule has 0 unspecified atom stereocenters. The third kappa shape index (κ3) is 2.92. The Hall–Kier alpha value is -2.04. The number of aromatic nitrogens is 2. The zero-order valence-corrected chi connectivity index (χ0v) is 12.1. The summed E-state index contributed by atoms with van der Waals surface area (Å²) in [5.74, 6) is 0.481. The first-order chi connectivity index (χ1) is 9.52. The highest BCUT2D eigenvalue weighted by molar-refractivity contribution is 5.79. The summed E-state index contributed by atoms with van der Waals surface area (Å²) in [7, 11) is 0. The molecule has 0 amide bonds. The first kappa shape index (κ1) is 14.4. The highest BCUT2D eigenvalue weighted by atomic mass is 16.5. The molecular formula is C15H20N2O3. The number of carbonyl (C=O) groups is 1. The third-order valence-corrected chi connectivity index (χ3v) is 3.03. The number of rotatable bonds is 6. The van der Waals surface area contributed by atoms with Crippen molar-refractivity contribution in [1.82, 2.24) is 9.55 Å². The summed E-state index contributed by atoms with van der Waals surface area (Å²) >= 11 is 0. The summed E-state index contributed by atoms with van der Waals surface area (Å²) in [4.78, 5) is 15.4. The number of imidazole rings is 1. The molecule has 5 heteroatoms. The van der Waals surface area contributed by atoms with Crippen LogP contribution < -0.4 is 4.74 Å². The Balaban J connectivity index is 2.46. The molecule has 0 spiro atoms. The Labute approximate surface area is 118 Å². The number of carboxylic acids is 1. The van der Waals surface area contributed by atoms with Crippen molar-refractivity contribution in [3.8, 4) is 5.75 Å². The predicted molar refractivity (Wildman–Crippen MR) is 77.2 cm³/mol. The minimum Gasteiger partial charge on any atom is -0.494 e. The van der Waals surface area contributed by atoms with Crippen LogP contribution in [0.3, 0.4) is 0 Å². The number of fused-ring (bicyclic) bond motifs is 1. The van der Waals surface area contributed by atoms with Crippen molar-refractivity contribution in [3.05, 3.63) is 24.0 Å². The Morgan fingerprint density at radius 3 is 2.80 bits per heavy atom. The standard InChI is InChI=1S/C15H20N2O3/c1-4-7-20-11-5-6-13-12(8-11)16-14(9-15(18)19)17(13)10(2)3/h5-6,8,10H,4,7,9H2,1-3H3,(H,18,19). The maximum Gasteiger partial charge on any atom is 0.311 e. The maximum atomic E-state index is 11.0. The van der Waals surface area contributed by atoms with Crippen molar-refractivity contribution >= 4 is 17.0 Å². The van der Waals surface area contributed by atoms with Crippen molar-refractivity contribution < 1.29 is 14.6 Å². The van der Waals surface area contributed by atoms with E-state index in [0.717, 1.165) is 23.2 Å². The topological polar surface area (TPSA) is 64.3 Å². The summed E-state index contributed by atoms with van der Waals surface area (Å²) in [5, 5.41) is 8.99. The molecule has 0 bridgehead atoms. The third-order valence-electron chi connectivity index (χ3n) is 3.03. The van der Waals surface area contributed by atoms with Gasteiger partial charge in [0.1, 0.15) is 18.0 Å². The van der Waals surface area contributed by atoms with E-state index in [-0.39, 0.29) is 12.5 Å². The molecule has 0 aliphatic rings. The second kappa shape index (κ2) is 5.94. The molecular weight excluding hydrogens is 256 g/mol. The van der Waals surface area contributed by atoms with E-state index >= 15 is 0 Å².